The lowest BCUT2D eigenvalue weighted by atomic mass is 10.6. The summed E-state index contributed by atoms with van der Waals surface area (Å²) in [5.41, 5.74) is 0. The summed E-state index contributed by atoms with van der Waals surface area (Å²) in [6.45, 7) is 4.46. The standard InChI is InChI=1S/C6H16S3Si/c1-3-5-8-10(7)9-6-4-2/h7,10H,3-6H2,1-2H3. The van der Waals surface area contributed by atoms with Gasteiger partial charge in [-0.05, 0) is 24.3 Å². The molecule has 0 aliphatic carbocycles. The molecule has 0 radical (unpaired) electrons. The van der Waals surface area contributed by atoms with Gasteiger partial charge in [0.15, 0.2) is 0 Å². The second-order valence-electron chi connectivity index (χ2n) is 2.05. The van der Waals surface area contributed by atoms with E-state index in [1.54, 1.807) is 0 Å². The first kappa shape index (κ1) is 11.3. The summed E-state index contributed by atoms with van der Waals surface area (Å²) in [5.74, 6) is 2.61. The number of rotatable bonds is 6. The Kier molecular flexibility index (Phi) is 9.42. The van der Waals surface area contributed by atoms with Crippen LogP contribution in [-0.4, -0.2) is 17.8 Å². The van der Waals surface area contributed by atoms with Crippen LogP contribution in [0.15, 0.2) is 0 Å². The van der Waals surface area contributed by atoms with Gasteiger partial charge in [0.05, 0.1) is 0 Å². The van der Waals surface area contributed by atoms with Gasteiger partial charge in [0.25, 0.3) is 0 Å². The zero-order valence-corrected chi connectivity index (χ0v) is 10.4. The predicted molar refractivity (Wildman–Crippen MR) is 61.6 cm³/mol. The molecule has 0 nitrogen and oxygen atoms in total. The lowest BCUT2D eigenvalue weighted by Gasteiger charge is -2.05. The molecule has 0 amide bonds. The first-order valence-corrected chi connectivity index (χ1v) is 10.7. The Bertz CT molecular complexity index is 62.0. The molecule has 0 bridgehead atoms. The van der Waals surface area contributed by atoms with E-state index >= 15 is 0 Å². The molecular formula is C6H16S3Si. The highest BCUT2D eigenvalue weighted by Gasteiger charge is 2.03. The van der Waals surface area contributed by atoms with Crippen molar-refractivity contribution in [1.82, 2.24) is 0 Å². The molecule has 0 atom stereocenters. The molecule has 0 unspecified atom stereocenters. The minimum absolute atomic E-state index is 0.710. The predicted octanol–water partition coefficient (Wildman–Crippen LogP) is 2.92. The van der Waals surface area contributed by atoms with Crippen LogP contribution < -0.4 is 0 Å². The fraction of sp³-hybridized carbons (Fsp3) is 1.00. The highest BCUT2D eigenvalue weighted by Crippen LogP contribution is 2.23. The Morgan fingerprint density at radius 3 is 1.80 bits per heavy atom. The summed E-state index contributed by atoms with van der Waals surface area (Å²) in [7, 11) is 0. The maximum absolute atomic E-state index is 4.56. The monoisotopic (exact) mass is 212 g/mol. The number of hydrogen-bond donors (Lipinski definition) is 1. The van der Waals surface area contributed by atoms with E-state index in [0.29, 0.717) is 0 Å². The molecule has 0 rings (SSSR count). The molecule has 0 aromatic rings. The van der Waals surface area contributed by atoms with Crippen LogP contribution >= 0.6 is 34.5 Å². The van der Waals surface area contributed by atoms with E-state index in [1.165, 1.54) is 24.3 Å². The van der Waals surface area contributed by atoms with Gasteiger partial charge in [-0.3, -0.25) is 0 Å². The summed E-state index contributed by atoms with van der Waals surface area (Å²) in [6, 6.07) is 0. The second kappa shape index (κ2) is 8.36. The molecule has 0 fully saturated rings. The van der Waals surface area contributed by atoms with Crippen molar-refractivity contribution >= 4 is 40.7 Å². The van der Waals surface area contributed by atoms with Crippen molar-refractivity contribution in [3.63, 3.8) is 0 Å². The summed E-state index contributed by atoms with van der Waals surface area (Å²) in [5, 5.41) is 0. The molecule has 0 N–H and O–H groups in total. The van der Waals surface area contributed by atoms with Crippen molar-refractivity contribution in [2.45, 2.75) is 26.7 Å². The highest BCUT2D eigenvalue weighted by molar-refractivity contribution is 8.72. The van der Waals surface area contributed by atoms with Gasteiger partial charge < -0.3 is 0 Å². The van der Waals surface area contributed by atoms with Crippen LogP contribution in [0.2, 0.25) is 0 Å². The van der Waals surface area contributed by atoms with Crippen molar-refractivity contribution in [2.24, 2.45) is 0 Å². The van der Waals surface area contributed by atoms with Crippen LogP contribution in [0.4, 0.5) is 0 Å². The molecule has 0 heterocycles. The molecular weight excluding hydrogens is 196 g/mol. The van der Waals surface area contributed by atoms with Crippen LogP contribution in [0.3, 0.4) is 0 Å². The first-order valence-electron chi connectivity index (χ1n) is 3.72. The largest absolute Gasteiger partial charge is 0.218 e. The van der Waals surface area contributed by atoms with Gasteiger partial charge in [0.1, 0.15) is 0 Å². The van der Waals surface area contributed by atoms with Gasteiger partial charge in [0, 0.05) is 0 Å². The molecule has 10 heavy (non-hydrogen) atoms. The molecule has 0 aliphatic heterocycles. The van der Waals surface area contributed by atoms with E-state index in [-0.39, 0.29) is 0 Å². The summed E-state index contributed by atoms with van der Waals surface area (Å²) in [6.07, 6.45) is 1.88. The molecule has 0 aliphatic rings. The van der Waals surface area contributed by atoms with Gasteiger partial charge in [0.2, 0.25) is 6.25 Å². The van der Waals surface area contributed by atoms with Crippen molar-refractivity contribution in [3.05, 3.63) is 0 Å². The quantitative estimate of drug-likeness (QED) is 0.531. The SMILES string of the molecule is CCCS[SiH](S)SCCC. The van der Waals surface area contributed by atoms with Crippen molar-refractivity contribution in [3.8, 4) is 0 Å². The lowest BCUT2D eigenvalue weighted by molar-refractivity contribution is 1.11. The van der Waals surface area contributed by atoms with E-state index in [1.807, 2.05) is 0 Å². The van der Waals surface area contributed by atoms with Crippen LogP contribution in [0, 0.1) is 0 Å². The Hall–Kier alpha value is 1.27. The van der Waals surface area contributed by atoms with Crippen molar-refractivity contribution < 1.29 is 0 Å². The third-order valence-electron chi connectivity index (χ3n) is 0.929. The zero-order chi connectivity index (χ0) is 7.82. The Labute approximate surface area is 78.9 Å². The van der Waals surface area contributed by atoms with E-state index in [4.69, 9.17) is 0 Å². The molecule has 0 spiro atoms. The van der Waals surface area contributed by atoms with Gasteiger partial charge in [-0.2, -0.15) is 34.5 Å². The normalized spacial score (nSPS) is 10.8. The summed E-state index contributed by atoms with van der Waals surface area (Å²) < 4.78 is 0. The van der Waals surface area contributed by atoms with E-state index in [2.05, 4.69) is 48.3 Å². The van der Waals surface area contributed by atoms with Crippen LogP contribution in [-0.2, 0) is 0 Å². The maximum Gasteiger partial charge on any atom is 0.218 e. The number of thiol groups is 1. The molecule has 62 valence electrons. The van der Waals surface area contributed by atoms with Crippen molar-refractivity contribution in [1.29, 1.82) is 0 Å². The average molecular weight is 212 g/mol. The van der Waals surface area contributed by atoms with Crippen molar-refractivity contribution in [2.75, 3.05) is 11.5 Å². The highest BCUT2D eigenvalue weighted by atomic mass is 32.7. The Morgan fingerprint density at radius 1 is 1.10 bits per heavy atom. The third kappa shape index (κ3) is 7.37. The molecule has 0 aromatic heterocycles. The summed E-state index contributed by atoms with van der Waals surface area (Å²) in [4.78, 5) is 0. The average Bonchev–Trinajstić information content (AvgIpc) is 1.97. The summed E-state index contributed by atoms with van der Waals surface area (Å²) >= 11 is 8.73. The third-order valence-corrected chi connectivity index (χ3v) is 11.0. The van der Waals surface area contributed by atoms with E-state index < -0.39 is 6.25 Å². The second-order valence-corrected chi connectivity index (χ2v) is 13.5. The van der Waals surface area contributed by atoms with Gasteiger partial charge in [-0.1, -0.05) is 13.8 Å². The van der Waals surface area contributed by atoms with Crippen LogP contribution in [0.1, 0.15) is 26.7 Å². The lowest BCUT2D eigenvalue weighted by Crippen LogP contribution is -1.94. The molecule has 0 aromatic carbocycles. The maximum atomic E-state index is 4.56. The smallest absolute Gasteiger partial charge is 0.183 e. The zero-order valence-electron chi connectivity index (χ0n) is 6.67. The fourth-order valence-corrected chi connectivity index (χ4v) is 8.86. The molecule has 4 heteroatoms. The molecule has 0 saturated carbocycles. The van der Waals surface area contributed by atoms with Gasteiger partial charge in [-0.15, -0.1) is 0 Å². The van der Waals surface area contributed by atoms with E-state index in [0.717, 1.165) is 0 Å². The van der Waals surface area contributed by atoms with Gasteiger partial charge in [-0.25, -0.2) is 0 Å². The Morgan fingerprint density at radius 2 is 1.50 bits per heavy atom. The first-order chi connectivity index (χ1) is 4.81. The molecule has 0 saturated heterocycles. The van der Waals surface area contributed by atoms with E-state index in [9.17, 15) is 0 Å². The Balaban J connectivity index is 3.00. The minimum Gasteiger partial charge on any atom is -0.183 e. The van der Waals surface area contributed by atoms with Crippen LogP contribution in [0.25, 0.3) is 0 Å². The fourth-order valence-electron chi connectivity index (χ4n) is 0.485. The topological polar surface area (TPSA) is 0 Å². The van der Waals surface area contributed by atoms with Crippen LogP contribution in [0.5, 0.6) is 0 Å². The number of hydrogen-bond acceptors (Lipinski definition) is 3. The minimum atomic E-state index is -0.710. The van der Waals surface area contributed by atoms with Gasteiger partial charge >= 0.3 is 0 Å².